The quantitative estimate of drug-likeness (QED) is 0.786. The molecule has 0 saturated heterocycles. The lowest BCUT2D eigenvalue weighted by atomic mass is 10.2. The molecule has 0 unspecified atom stereocenters. The molecule has 150 valence electrons. The van der Waals surface area contributed by atoms with Gasteiger partial charge in [0, 0.05) is 18.3 Å². The molecule has 2 aromatic rings. The summed E-state index contributed by atoms with van der Waals surface area (Å²) in [6.45, 7) is 4.70. The van der Waals surface area contributed by atoms with Crippen molar-refractivity contribution in [1.82, 2.24) is 0 Å². The number of anilines is 2. The molecule has 2 amide bonds. The van der Waals surface area contributed by atoms with E-state index in [2.05, 4.69) is 5.32 Å². The van der Waals surface area contributed by atoms with Crippen LogP contribution in [0.1, 0.15) is 26.3 Å². The molecule has 0 aliphatic carbocycles. The van der Waals surface area contributed by atoms with E-state index in [0.717, 1.165) is 29.2 Å². The molecule has 0 bridgehead atoms. The second-order valence-corrected chi connectivity index (χ2v) is 6.39. The molecular formula is C20H21F3N2O3. The van der Waals surface area contributed by atoms with Crippen LogP contribution in [0.4, 0.5) is 24.5 Å². The van der Waals surface area contributed by atoms with Crippen LogP contribution in [0.5, 0.6) is 5.75 Å². The molecule has 0 radical (unpaired) electrons. The zero-order chi connectivity index (χ0) is 20.9. The van der Waals surface area contributed by atoms with Gasteiger partial charge in [0.1, 0.15) is 12.3 Å². The molecule has 0 aliphatic heterocycles. The lowest BCUT2D eigenvalue weighted by Gasteiger charge is -2.21. The van der Waals surface area contributed by atoms with Crippen LogP contribution in [0.2, 0.25) is 0 Å². The first kappa shape index (κ1) is 21.3. The van der Waals surface area contributed by atoms with Crippen LogP contribution >= 0.6 is 0 Å². The molecule has 0 heterocycles. The highest BCUT2D eigenvalue weighted by molar-refractivity contribution is 6.01. The number of nitrogens with one attached hydrogen (secondary N) is 1. The Balaban J connectivity index is 2.05. The first-order valence-electron chi connectivity index (χ1n) is 8.58. The molecule has 1 N–H and O–H groups in total. The molecule has 0 aliphatic rings. The van der Waals surface area contributed by atoms with Crippen LogP contribution in [-0.2, 0) is 15.8 Å². The van der Waals surface area contributed by atoms with Gasteiger partial charge in [-0.3, -0.25) is 9.59 Å². The summed E-state index contributed by atoms with van der Waals surface area (Å²) in [5, 5.41) is 2.64. The average molecular weight is 394 g/mol. The minimum absolute atomic E-state index is 0.0216. The van der Waals surface area contributed by atoms with Crippen LogP contribution in [-0.4, -0.2) is 24.5 Å². The van der Waals surface area contributed by atoms with Crippen molar-refractivity contribution in [2.45, 2.75) is 33.1 Å². The largest absolute Gasteiger partial charge is 0.491 e. The summed E-state index contributed by atoms with van der Waals surface area (Å²) in [5.41, 5.74) is -0.110. The lowest BCUT2D eigenvalue weighted by Crippen LogP contribution is -2.36. The number of hydrogen-bond donors (Lipinski definition) is 1. The minimum Gasteiger partial charge on any atom is -0.491 e. The van der Waals surface area contributed by atoms with E-state index < -0.39 is 23.6 Å². The predicted molar refractivity (Wildman–Crippen MR) is 100 cm³/mol. The Labute approximate surface area is 161 Å². The highest BCUT2D eigenvalue weighted by Crippen LogP contribution is 2.30. The number of ether oxygens (including phenoxy) is 1. The second-order valence-electron chi connectivity index (χ2n) is 6.39. The van der Waals surface area contributed by atoms with E-state index in [1.54, 1.807) is 24.3 Å². The summed E-state index contributed by atoms with van der Waals surface area (Å²) < 4.78 is 43.5. The van der Waals surface area contributed by atoms with Gasteiger partial charge in [0.25, 0.3) is 0 Å². The van der Waals surface area contributed by atoms with Gasteiger partial charge in [-0.25, -0.2) is 0 Å². The average Bonchev–Trinajstić information content (AvgIpc) is 2.60. The summed E-state index contributed by atoms with van der Waals surface area (Å²) in [7, 11) is 0. The fourth-order valence-corrected chi connectivity index (χ4v) is 2.45. The predicted octanol–water partition coefficient (Wildman–Crippen LogP) is 4.48. The van der Waals surface area contributed by atoms with E-state index in [0.29, 0.717) is 11.4 Å². The van der Waals surface area contributed by atoms with E-state index in [1.807, 2.05) is 13.8 Å². The summed E-state index contributed by atoms with van der Waals surface area (Å²) in [6.07, 6.45) is -4.45. The van der Waals surface area contributed by atoms with E-state index in [4.69, 9.17) is 4.74 Å². The Morgan fingerprint density at radius 2 is 1.61 bits per heavy atom. The molecule has 2 aromatic carbocycles. The summed E-state index contributed by atoms with van der Waals surface area (Å²) in [5.74, 6) is -0.286. The third-order valence-electron chi connectivity index (χ3n) is 3.70. The van der Waals surface area contributed by atoms with Crippen molar-refractivity contribution in [2.75, 3.05) is 16.8 Å². The van der Waals surface area contributed by atoms with Crippen LogP contribution in [0.15, 0.2) is 48.5 Å². The van der Waals surface area contributed by atoms with Gasteiger partial charge in [-0.2, -0.15) is 13.2 Å². The number of alkyl halides is 3. The number of benzene rings is 2. The maximum Gasteiger partial charge on any atom is 0.416 e. The third kappa shape index (κ3) is 6.00. The van der Waals surface area contributed by atoms with E-state index in [9.17, 15) is 22.8 Å². The molecular weight excluding hydrogens is 373 g/mol. The minimum atomic E-state index is -4.47. The van der Waals surface area contributed by atoms with Crippen molar-refractivity contribution >= 4 is 23.2 Å². The zero-order valence-electron chi connectivity index (χ0n) is 15.7. The molecule has 0 aromatic heterocycles. The van der Waals surface area contributed by atoms with Crippen molar-refractivity contribution in [1.29, 1.82) is 0 Å². The van der Waals surface area contributed by atoms with Crippen LogP contribution in [0.3, 0.4) is 0 Å². The van der Waals surface area contributed by atoms with Crippen LogP contribution in [0.25, 0.3) is 0 Å². The van der Waals surface area contributed by atoms with Crippen molar-refractivity contribution in [3.8, 4) is 5.75 Å². The number of rotatable bonds is 6. The number of amides is 2. The van der Waals surface area contributed by atoms with E-state index in [-0.39, 0.29) is 18.3 Å². The van der Waals surface area contributed by atoms with Gasteiger partial charge in [0.2, 0.25) is 11.8 Å². The van der Waals surface area contributed by atoms with E-state index >= 15 is 0 Å². The fourth-order valence-electron chi connectivity index (χ4n) is 2.45. The van der Waals surface area contributed by atoms with Gasteiger partial charge < -0.3 is 15.0 Å². The topological polar surface area (TPSA) is 58.6 Å². The molecule has 5 nitrogen and oxygen atoms in total. The number of nitrogens with zero attached hydrogens (tertiary/aromatic N) is 1. The van der Waals surface area contributed by atoms with Gasteiger partial charge in [-0.1, -0.05) is 0 Å². The van der Waals surface area contributed by atoms with Crippen LogP contribution < -0.4 is 15.0 Å². The maximum absolute atomic E-state index is 12.7. The highest BCUT2D eigenvalue weighted by Gasteiger charge is 2.30. The molecule has 0 fully saturated rings. The molecule has 0 saturated carbocycles. The number of hydrogen-bond acceptors (Lipinski definition) is 3. The summed E-state index contributed by atoms with van der Waals surface area (Å²) in [4.78, 5) is 25.2. The van der Waals surface area contributed by atoms with Crippen LogP contribution in [0, 0.1) is 0 Å². The van der Waals surface area contributed by atoms with E-state index in [1.165, 1.54) is 6.92 Å². The van der Waals surface area contributed by atoms with Gasteiger partial charge in [0.05, 0.1) is 11.7 Å². The van der Waals surface area contributed by atoms with Crippen molar-refractivity contribution in [2.24, 2.45) is 0 Å². The number of halogens is 3. The maximum atomic E-state index is 12.7. The van der Waals surface area contributed by atoms with Crippen molar-refractivity contribution < 1.29 is 27.5 Å². The molecule has 28 heavy (non-hydrogen) atoms. The summed E-state index contributed by atoms with van der Waals surface area (Å²) in [6, 6.07) is 10.8. The molecule has 8 heteroatoms. The van der Waals surface area contributed by atoms with Crippen molar-refractivity contribution in [3.63, 3.8) is 0 Å². The normalized spacial score (nSPS) is 11.2. The molecule has 0 spiro atoms. The third-order valence-corrected chi connectivity index (χ3v) is 3.70. The van der Waals surface area contributed by atoms with Gasteiger partial charge >= 0.3 is 6.18 Å². The Bertz CT molecular complexity index is 816. The molecule has 2 rings (SSSR count). The fraction of sp³-hybridized carbons (Fsp3) is 0.300. The Morgan fingerprint density at radius 3 is 2.07 bits per heavy atom. The van der Waals surface area contributed by atoms with Gasteiger partial charge in [-0.05, 0) is 62.4 Å². The Kier molecular flexibility index (Phi) is 6.66. The van der Waals surface area contributed by atoms with Gasteiger partial charge in [-0.15, -0.1) is 0 Å². The highest BCUT2D eigenvalue weighted by atomic mass is 19.4. The number of carbonyl (C=O) groups is 2. The number of carbonyl (C=O) groups excluding carboxylic acids is 2. The lowest BCUT2D eigenvalue weighted by molar-refractivity contribution is -0.137. The van der Waals surface area contributed by atoms with Gasteiger partial charge in [0.15, 0.2) is 0 Å². The smallest absolute Gasteiger partial charge is 0.416 e. The monoisotopic (exact) mass is 394 g/mol. The SMILES string of the molecule is CC(=O)N(CC(=O)Nc1ccc(OC(C)C)cc1)c1ccc(C(F)(F)F)cc1. The first-order valence-corrected chi connectivity index (χ1v) is 8.58. The van der Waals surface area contributed by atoms with Crippen molar-refractivity contribution in [3.05, 3.63) is 54.1 Å². The standard InChI is InChI=1S/C20H21F3N2O3/c1-13(2)28-18-10-6-16(7-11-18)24-19(27)12-25(14(3)26)17-8-4-15(5-9-17)20(21,22)23/h4-11,13H,12H2,1-3H3,(H,24,27). The zero-order valence-corrected chi connectivity index (χ0v) is 15.7. The molecule has 0 atom stereocenters. The Morgan fingerprint density at radius 1 is 1.04 bits per heavy atom. The summed E-state index contributed by atoms with van der Waals surface area (Å²) >= 11 is 0. The second kappa shape index (κ2) is 8.77. The first-order chi connectivity index (χ1) is 13.1. The Hall–Kier alpha value is -3.03.